The normalized spacial score (nSPS) is 28.3. The van der Waals surface area contributed by atoms with E-state index in [1.165, 1.54) is 13.0 Å². The third-order valence-electron chi connectivity index (χ3n) is 1.82. The molecule has 0 aliphatic carbocycles. The zero-order valence-corrected chi connectivity index (χ0v) is 7.19. The highest BCUT2D eigenvalue weighted by Gasteiger charge is 2.45. The predicted octanol–water partition coefficient (Wildman–Crippen LogP) is -0.832. The highest BCUT2D eigenvalue weighted by molar-refractivity contribution is 5.87. The summed E-state index contributed by atoms with van der Waals surface area (Å²) in [7, 11) is 0. The van der Waals surface area contributed by atoms with Crippen molar-refractivity contribution in [1.29, 1.82) is 0 Å². The number of aliphatic hydroxyl groups is 1. The maximum Gasteiger partial charge on any atom is 0.304 e. The zero-order valence-electron chi connectivity index (χ0n) is 7.19. The molecule has 1 amide bonds. The molecule has 0 spiro atoms. The van der Waals surface area contributed by atoms with E-state index >= 15 is 0 Å². The van der Waals surface area contributed by atoms with Gasteiger partial charge in [0, 0.05) is 6.92 Å². The molecule has 0 radical (unpaired) electrons. The number of nitrogens with one attached hydrogen (secondary N) is 1. The van der Waals surface area contributed by atoms with Crippen molar-refractivity contribution >= 4 is 11.9 Å². The molecule has 0 bridgehead atoms. The van der Waals surface area contributed by atoms with Crippen LogP contribution in [0.4, 0.5) is 0 Å². The summed E-state index contributed by atoms with van der Waals surface area (Å²) in [5.74, 6) is -1.55. The standard InChI is InChI=1S/C8H11NO4/c1-3-5(11)6-7(12)9-8(6)13-4(2)10/h3,5-6,8,11H,1H2,2H3,(H,9,12)/t5-,6+,8-/m1/s1. The molecule has 1 fully saturated rings. The van der Waals surface area contributed by atoms with Gasteiger partial charge < -0.3 is 15.2 Å². The highest BCUT2D eigenvalue weighted by Crippen LogP contribution is 2.20. The quantitative estimate of drug-likeness (QED) is 0.342. The molecule has 0 unspecified atom stereocenters. The largest absolute Gasteiger partial charge is 0.441 e. The summed E-state index contributed by atoms with van der Waals surface area (Å²) in [4.78, 5) is 21.4. The smallest absolute Gasteiger partial charge is 0.304 e. The van der Waals surface area contributed by atoms with Crippen LogP contribution in [0.5, 0.6) is 0 Å². The lowest BCUT2D eigenvalue weighted by atomic mass is 9.92. The number of aliphatic hydroxyl groups excluding tert-OH is 1. The molecule has 1 saturated heterocycles. The van der Waals surface area contributed by atoms with E-state index in [1.54, 1.807) is 0 Å². The Morgan fingerprint density at radius 1 is 1.85 bits per heavy atom. The molecule has 72 valence electrons. The molecular weight excluding hydrogens is 174 g/mol. The fourth-order valence-electron chi connectivity index (χ4n) is 1.13. The van der Waals surface area contributed by atoms with Crippen molar-refractivity contribution in [2.45, 2.75) is 19.3 Å². The van der Waals surface area contributed by atoms with Gasteiger partial charge in [-0.2, -0.15) is 0 Å². The van der Waals surface area contributed by atoms with Gasteiger partial charge in [0.05, 0.1) is 6.10 Å². The number of hydrogen-bond donors (Lipinski definition) is 2. The molecule has 1 aliphatic rings. The molecule has 13 heavy (non-hydrogen) atoms. The lowest BCUT2D eigenvalue weighted by Gasteiger charge is -2.37. The Kier molecular flexibility index (Phi) is 2.67. The monoisotopic (exact) mass is 185 g/mol. The predicted molar refractivity (Wildman–Crippen MR) is 43.4 cm³/mol. The van der Waals surface area contributed by atoms with E-state index in [1.807, 2.05) is 0 Å². The molecular formula is C8H11NO4. The fraction of sp³-hybridized carbons (Fsp3) is 0.500. The lowest BCUT2D eigenvalue weighted by Crippen LogP contribution is -2.63. The van der Waals surface area contributed by atoms with E-state index in [0.717, 1.165) is 0 Å². The van der Waals surface area contributed by atoms with E-state index in [2.05, 4.69) is 11.9 Å². The van der Waals surface area contributed by atoms with Crippen molar-refractivity contribution in [3.8, 4) is 0 Å². The number of hydrogen-bond acceptors (Lipinski definition) is 4. The van der Waals surface area contributed by atoms with Gasteiger partial charge in [0.25, 0.3) is 0 Å². The minimum absolute atomic E-state index is 0.335. The van der Waals surface area contributed by atoms with E-state index in [0.29, 0.717) is 0 Å². The number of esters is 1. The summed E-state index contributed by atoms with van der Waals surface area (Å²) >= 11 is 0. The van der Waals surface area contributed by atoms with Gasteiger partial charge in [-0.1, -0.05) is 6.08 Å². The third-order valence-corrected chi connectivity index (χ3v) is 1.82. The molecule has 1 aliphatic heterocycles. The van der Waals surface area contributed by atoms with Crippen LogP contribution in [0.2, 0.25) is 0 Å². The number of carbonyl (C=O) groups is 2. The molecule has 5 nitrogen and oxygen atoms in total. The Hall–Kier alpha value is -1.36. The van der Waals surface area contributed by atoms with Crippen LogP contribution in [0.1, 0.15) is 6.92 Å². The van der Waals surface area contributed by atoms with E-state index in [9.17, 15) is 14.7 Å². The fourth-order valence-corrected chi connectivity index (χ4v) is 1.13. The number of amides is 1. The van der Waals surface area contributed by atoms with Crippen molar-refractivity contribution in [3.05, 3.63) is 12.7 Å². The van der Waals surface area contributed by atoms with Crippen molar-refractivity contribution in [3.63, 3.8) is 0 Å². The van der Waals surface area contributed by atoms with Gasteiger partial charge in [0.2, 0.25) is 5.91 Å². The van der Waals surface area contributed by atoms with Crippen molar-refractivity contribution in [1.82, 2.24) is 5.32 Å². The summed E-state index contributed by atoms with van der Waals surface area (Å²) in [6, 6.07) is 0. The average Bonchev–Trinajstić information content (AvgIpc) is 2.02. The van der Waals surface area contributed by atoms with Gasteiger partial charge in [-0.25, -0.2) is 0 Å². The lowest BCUT2D eigenvalue weighted by molar-refractivity contribution is -0.172. The maximum absolute atomic E-state index is 10.9. The van der Waals surface area contributed by atoms with Gasteiger partial charge in [0.15, 0.2) is 6.23 Å². The first-order valence-electron chi connectivity index (χ1n) is 3.84. The summed E-state index contributed by atoms with van der Waals surface area (Å²) in [5, 5.41) is 11.6. The van der Waals surface area contributed by atoms with Crippen LogP contribution in [0.25, 0.3) is 0 Å². The summed E-state index contributed by atoms with van der Waals surface area (Å²) in [6.07, 6.45) is -0.462. The number of β-lactam (4-membered cyclic amide) rings is 1. The van der Waals surface area contributed by atoms with Crippen LogP contribution in [0, 0.1) is 5.92 Å². The SMILES string of the molecule is C=C[C@@H](O)[C@H]1C(=O)N[C@@H]1OC(C)=O. The molecule has 0 saturated carbocycles. The summed E-state index contributed by atoms with van der Waals surface area (Å²) in [5.41, 5.74) is 0. The van der Waals surface area contributed by atoms with E-state index in [4.69, 9.17) is 4.74 Å². The Balaban J connectivity index is 2.55. The molecule has 5 heteroatoms. The van der Waals surface area contributed by atoms with Gasteiger partial charge in [-0.05, 0) is 0 Å². The van der Waals surface area contributed by atoms with Crippen molar-refractivity contribution < 1.29 is 19.4 Å². The van der Waals surface area contributed by atoms with E-state index in [-0.39, 0.29) is 5.91 Å². The molecule has 3 atom stereocenters. The van der Waals surface area contributed by atoms with Crippen LogP contribution in [-0.4, -0.2) is 29.3 Å². The van der Waals surface area contributed by atoms with Crippen LogP contribution < -0.4 is 5.32 Å². The number of carbonyl (C=O) groups excluding carboxylic acids is 2. The summed E-state index contributed by atoms with van der Waals surface area (Å²) in [6.45, 7) is 4.58. The Morgan fingerprint density at radius 3 is 2.85 bits per heavy atom. The number of rotatable bonds is 3. The van der Waals surface area contributed by atoms with Gasteiger partial charge in [-0.3, -0.25) is 9.59 Å². The second-order valence-electron chi connectivity index (χ2n) is 2.79. The van der Waals surface area contributed by atoms with Crippen LogP contribution in [0.3, 0.4) is 0 Å². The van der Waals surface area contributed by atoms with Crippen molar-refractivity contribution in [2.75, 3.05) is 0 Å². The molecule has 1 rings (SSSR count). The minimum Gasteiger partial charge on any atom is -0.441 e. The molecule has 2 N–H and O–H groups in total. The average molecular weight is 185 g/mol. The van der Waals surface area contributed by atoms with Crippen LogP contribution >= 0.6 is 0 Å². The molecule has 0 aromatic carbocycles. The molecule has 0 aromatic rings. The third kappa shape index (κ3) is 1.86. The van der Waals surface area contributed by atoms with Crippen molar-refractivity contribution in [2.24, 2.45) is 5.92 Å². The van der Waals surface area contributed by atoms with Crippen LogP contribution in [-0.2, 0) is 14.3 Å². The van der Waals surface area contributed by atoms with Crippen LogP contribution in [0.15, 0.2) is 12.7 Å². The summed E-state index contributed by atoms with van der Waals surface area (Å²) < 4.78 is 4.71. The first-order valence-corrected chi connectivity index (χ1v) is 3.84. The zero-order chi connectivity index (χ0) is 10.0. The molecule has 0 aromatic heterocycles. The number of ether oxygens (including phenoxy) is 1. The second-order valence-corrected chi connectivity index (χ2v) is 2.79. The Labute approximate surface area is 75.4 Å². The van der Waals surface area contributed by atoms with Gasteiger partial charge in [0.1, 0.15) is 5.92 Å². The van der Waals surface area contributed by atoms with E-state index < -0.39 is 24.2 Å². The Morgan fingerprint density at radius 2 is 2.46 bits per heavy atom. The minimum atomic E-state index is -0.974. The second kappa shape index (κ2) is 3.57. The first kappa shape index (κ1) is 9.73. The first-order chi connectivity index (χ1) is 6.06. The van der Waals surface area contributed by atoms with Gasteiger partial charge >= 0.3 is 5.97 Å². The highest BCUT2D eigenvalue weighted by atomic mass is 16.6. The topological polar surface area (TPSA) is 75.6 Å². The van der Waals surface area contributed by atoms with Gasteiger partial charge in [-0.15, -0.1) is 6.58 Å². The Bertz CT molecular complexity index is 251. The maximum atomic E-state index is 10.9. The molecule has 1 heterocycles.